The number of ether oxygens (including phenoxy) is 1. The summed E-state index contributed by atoms with van der Waals surface area (Å²) in [6, 6.07) is 14.1. The van der Waals surface area contributed by atoms with E-state index in [9.17, 15) is 4.79 Å². The first-order chi connectivity index (χ1) is 11.1. The maximum atomic E-state index is 12.0. The van der Waals surface area contributed by atoms with Gasteiger partial charge in [0, 0.05) is 10.5 Å². The summed E-state index contributed by atoms with van der Waals surface area (Å²) >= 11 is 3.58. The van der Waals surface area contributed by atoms with Crippen LogP contribution in [0, 0.1) is 6.92 Å². The summed E-state index contributed by atoms with van der Waals surface area (Å²) in [5, 5.41) is 2.99. The third kappa shape index (κ3) is 3.94. The molecule has 0 fully saturated rings. The van der Waals surface area contributed by atoms with E-state index in [1.165, 1.54) is 16.7 Å². The highest BCUT2D eigenvalue weighted by atomic mass is 79.9. The Labute approximate surface area is 145 Å². The van der Waals surface area contributed by atoms with Gasteiger partial charge in [-0.15, -0.1) is 0 Å². The summed E-state index contributed by atoms with van der Waals surface area (Å²) < 4.78 is 6.46. The number of carbonyl (C=O) groups excluding carboxylic acids is 1. The van der Waals surface area contributed by atoms with Crippen molar-refractivity contribution in [2.45, 2.75) is 38.8 Å². The molecule has 0 unspecified atom stereocenters. The molecule has 0 aromatic heterocycles. The Bertz CT molecular complexity index is 700. The summed E-state index contributed by atoms with van der Waals surface area (Å²) in [6.45, 7) is 2.45. The molecule has 0 spiro atoms. The highest BCUT2D eigenvalue weighted by Gasteiger charge is 2.22. The monoisotopic (exact) mass is 373 g/mol. The molecular weight excluding hydrogens is 354 g/mol. The van der Waals surface area contributed by atoms with Gasteiger partial charge >= 0.3 is 6.09 Å². The lowest BCUT2D eigenvalue weighted by molar-refractivity contribution is 0.134. The molecule has 3 rings (SSSR count). The topological polar surface area (TPSA) is 38.3 Å². The van der Waals surface area contributed by atoms with Crippen LogP contribution >= 0.6 is 15.9 Å². The van der Waals surface area contributed by atoms with E-state index in [4.69, 9.17) is 4.74 Å². The van der Waals surface area contributed by atoms with Gasteiger partial charge in [0.15, 0.2) is 0 Å². The Morgan fingerprint density at radius 2 is 2.04 bits per heavy atom. The van der Waals surface area contributed by atoms with Crippen LogP contribution in [0.5, 0.6) is 0 Å². The van der Waals surface area contributed by atoms with E-state index in [0.29, 0.717) is 6.61 Å². The number of benzene rings is 2. The van der Waals surface area contributed by atoms with Crippen LogP contribution in [-0.4, -0.2) is 12.1 Å². The van der Waals surface area contributed by atoms with Gasteiger partial charge in [0.2, 0.25) is 0 Å². The largest absolute Gasteiger partial charge is 0.445 e. The molecule has 4 heteroatoms. The summed E-state index contributed by atoms with van der Waals surface area (Å²) in [5.74, 6) is 0. The Kier molecular flexibility index (Phi) is 5.01. The van der Waals surface area contributed by atoms with Gasteiger partial charge < -0.3 is 10.1 Å². The quantitative estimate of drug-likeness (QED) is 0.857. The fourth-order valence-electron chi connectivity index (χ4n) is 3.06. The number of nitrogens with one attached hydrogen (secondary N) is 1. The predicted octanol–water partition coefficient (Wildman–Crippen LogP) is 4.54. The molecule has 120 valence electrons. The molecule has 2 aromatic rings. The first-order valence-corrected chi connectivity index (χ1v) is 8.67. The lowest BCUT2D eigenvalue weighted by Gasteiger charge is -2.26. The highest BCUT2D eigenvalue weighted by molar-refractivity contribution is 9.10. The van der Waals surface area contributed by atoms with Gasteiger partial charge in [-0.3, -0.25) is 0 Å². The predicted molar refractivity (Wildman–Crippen MR) is 94.5 cm³/mol. The van der Waals surface area contributed by atoms with Crippen molar-refractivity contribution in [1.29, 1.82) is 0 Å². The SMILES string of the molecule is Cc1c(Br)ccc2c1CC[C@H](NC(=O)OCc1ccccc1)C2. The Morgan fingerprint density at radius 1 is 1.26 bits per heavy atom. The van der Waals surface area contributed by atoms with E-state index < -0.39 is 0 Å². The average molecular weight is 374 g/mol. The molecule has 0 radical (unpaired) electrons. The van der Waals surface area contributed by atoms with Crippen LogP contribution < -0.4 is 5.32 Å². The second-order valence-electron chi connectivity index (χ2n) is 5.96. The number of hydrogen-bond donors (Lipinski definition) is 1. The van der Waals surface area contributed by atoms with Crippen molar-refractivity contribution in [2.24, 2.45) is 0 Å². The van der Waals surface area contributed by atoms with Gasteiger partial charge in [-0.25, -0.2) is 4.79 Å². The van der Waals surface area contributed by atoms with E-state index >= 15 is 0 Å². The summed E-state index contributed by atoms with van der Waals surface area (Å²) in [5.41, 5.74) is 5.05. The second kappa shape index (κ2) is 7.18. The number of amides is 1. The minimum absolute atomic E-state index is 0.145. The molecule has 0 bridgehead atoms. The number of fused-ring (bicyclic) bond motifs is 1. The molecule has 1 aliphatic rings. The number of carbonyl (C=O) groups is 1. The normalized spacial score (nSPS) is 16.5. The van der Waals surface area contributed by atoms with E-state index in [0.717, 1.165) is 29.3 Å². The van der Waals surface area contributed by atoms with Crippen LogP contribution in [0.4, 0.5) is 4.79 Å². The van der Waals surface area contributed by atoms with E-state index in [1.807, 2.05) is 30.3 Å². The summed E-state index contributed by atoms with van der Waals surface area (Å²) in [4.78, 5) is 12.0. The zero-order valence-electron chi connectivity index (χ0n) is 13.1. The smallest absolute Gasteiger partial charge is 0.407 e. The van der Waals surface area contributed by atoms with Crippen molar-refractivity contribution in [3.05, 3.63) is 69.2 Å². The maximum Gasteiger partial charge on any atom is 0.407 e. The van der Waals surface area contributed by atoms with Crippen molar-refractivity contribution >= 4 is 22.0 Å². The highest BCUT2D eigenvalue weighted by Crippen LogP contribution is 2.29. The molecule has 3 nitrogen and oxygen atoms in total. The van der Waals surface area contributed by atoms with Gasteiger partial charge in [-0.05, 0) is 54.5 Å². The average Bonchev–Trinajstić information content (AvgIpc) is 2.57. The van der Waals surface area contributed by atoms with Crippen LogP contribution in [0.2, 0.25) is 0 Å². The van der Waals surface area contributed by atoms with E-state index in [-0.39, 0.29) is 12.1 Å². The Balaban J connectivity index is 1.55. The van der Waals surface area contributed by atoms with Gasteiger partial charge in [-0.2, -0.15) is 0 Å². The van der Waals surface area contributed by atoms with Gasteiger partial charge in [-0.1, -0.05) is 52.3 Å². The fraction of sp³-hybridized carbons (Fsp3) is 0.316. The summed E-state index contributed by atoms with van der Waals surface area (Å²) in [7, 11) is 0. The molecule has 1 N–H and O–H groups in total. The molecule has 2 aromatic carbocycles. The number of alkyl carbamates (subject to hydrolysis) is 1. The third-order valence-corrected chi connectivity index (χ3v) is 5.23. The molecule has 0 aliphatic heterocycles. The molecule has 0 saturated carbocycles. The van der Waals surface area contributed by atoms with Crippen molar-refractivity contribution in [2.75, 3.05) is 0 Å². The number of rotatable bonds is 3. The van der Waals surface area contributed by atoms with Gasteiger partial charge in [0.1, 0.15) is 6.61 Å². The molecule has 0 saturated heterocycles. The van der Waals surface area contributed by atoms with E-state index in [1.54, 1.807) is 0 Å². The van der Waals surface area contributed by atoms with Crippen molar-refractivity contribution in [3.8, 4) is 0 Å². The Morgan fingerprint density at radius 3 is 2.83 bits per heavy atom. The molecular formula is C19H20BrNO2. The zero-order valence-corrected chi connectivity index (χ0v) is 14.7. The fourth-order valence-corrected chi connectivity index (χ4v) is 3.44. The minimum atomic E-state index is -0.337. The van der Waals surface area contributed by atoms with Gasteiger partial charge in [0.05, 0.1) is 0 Å². The number of halogens is 1. The Hall–Kier alpha value is -1.81. The van der Waals surface area contributed by atoms with Crippen LogP contribution in [0.25, 0.3) is 0 Å². The molecule has 23 heavy (non-hydrogen) atoms. The van der Waals surface area contributed by atoms with Crippen molar-refractivity contribution < 1.29 is 9.53 Å². The first kappa shape index (κ1) is 16.1. The lowest BCUT2D eigenvalue weighted by Crippen LogP contribution is -2.39. The summed E-state index contributed by atoms with van der Waals surface area (Å²) in [6.07, 6.45) is 2.47. The van der Waals surface area contributed by atoms with Crippen LogP contribution in [0.15, 0.2) is 46.9 Å². The second-order valence-corrected chi connectivity index (χ2v) is 6.81. The standard InChI is InChI=1S/C19H20BrNO2/c1-13-17-9-8-16(11-15(17)7-10-18(13)20)21-19(22)23-12-14-5-3-2-4-6-14/h2-7,10,16H,8-9,11-12H2,1H3,(H,21,22)/t16-/m0/s1. The molecule has 1 amide bonds. The molecule has 0 heterocycles. The van der Waals surface area contributed by atoms with E-state index in [2.05, 4.69) is 40.3 Å². The van der Waals surface area contributed by atoms with Gasteiger partial charge in [0.25, 0.3) is 0 Å². The first-order valence-electron chi connectivity index (χ1n) is 7.87. The molecule has 1 atom stereocenters. The molecule has 1 aliphatic carbocycles. The van der Waals surface area contributed by atoms with Crippen molar-refractivity contribution in [3.63, 3.8) is 0 Å². The van der Waals surface area contributed by atoms with Crippen molar-refractivity contribution in [1.82, 2.24) is 5.32 Å². The third-order valence-electron chi connectivity index (χ3n) is 4.37. The number of hydrogen-bond acceptors (Lipinski definition) is 2. The maximum absolute atomic E-state index is 12.0. The zero-order chi connectivity index (χ0) is 16.2. The lowest BCUT2D eigenvalue weighted by atomic mass is 9.86. The van der Waals surface area contributed by atoms with Crippen LogP contribution in [-0.2, 0) is 24.2 Å². The minimum Gasteiger partial charge on any atom is -0.445 e. The van der Waals surface area contributed by atoms with Crippen LogP contribution in [0.3, 0.4) is 0 Å². The van der Waals surface area contributed by atoms with Crippen LogP contribution in [0.1, 0.15) is 28.7 Å².